The summed E-state index contributed by atoms with van der Waals surface area (Å²) < 4.78 is 32.2. The van der Waals surface area contributed by atoms with Crippen LogP contribution in [-0.2, 0) is 24.7 Å². The van der Waals surface area contributed by atoms with Gasteiger partial charge in [0.15, 0.2) is 0 Å². The Morgan fingerprint density at radius 3 is 2.55 bits per heavy atom. The zero-order chi connectivity index (χ0) is 29.7. The number of aromatic nitrogens is 2. The number of rotatable bonds is 8. The predicted molar refractivity (Wildman–Crippen MR) is 163 cm³/mol. The molecule has 1 aliphatic carbocycles. The monoisotopic (exact) mass is 573 g/mol. The van der Waals surface area contributed by atoms with Crippen molar-refractivity contribution in [2.24, 2.45) is 18.0 Å². The first-order valence-corrected chi connectivity index (χ1v) is 15.3. The molecule has 8 heteroatoms. The second kappa shape index (κ2) is 11.4. The van der Waals surface area contributed by atoms with Gasteiger partial charge in [-0.15, -0.1) is 0 Å². The highest BCUT2D eigenvalue weighted by atomic mass is 19.1. The minimum Gasteiger partial charge on any atom is -0.336 e. The van der Waals surface area contributed by atoms with E-state index in [1.54, 1.807) is 6.07 Å². The van der Waals surface area contributed by atoms with Gasteiger partial charge < -0.3 is 9.80 Å². The van der Waals surface area contributed by atoms with Gasteiger partial charge in [-0.1, -0.05) is 19.1 Å². The molecule has 6 nitrogen and oxygen atoms in total. The number of carbonyl (C=O) groups excluding carboxylic acids is 1. The number of carbonyl (C=O) groups is 1. The van der Waals surface area contributed by atoms with Crippen molar-refractivity contribution in [3.63, 3.8) is 0 Å². The van der Waals surface area contributed by atoms with Crippen LogP contribution in [0.4, 0.5) is 8.78 Å². The first kappa shape index (κ1) is 28.7. The Morgan fingerprint density at radius 1 is 1.10 bits per heavy atom. The van der Waals surface area contributed by atoms with E-state index in [1.165, 1.54) is 6.07 Å². The zero-order valence-electron chi connectivity index (χ0n) is 25.4. The van der Waals surface area contributed by atoms with E-state index >= 15 is 8.78 Å². The summed E-state index contributed by atoms with van der Waals surface area (Å²) in [7, 11) is 5.98. The Balaban J connectivity index is 1.31. The van der Waals surface area contributed by atoms with Crippen LogP contribution in [0.5, 0.6) is 0 Å². The number of allylic oxidation sites excluding steroid dienone is 1. The van der Waals surface area contributed by atoms with Gasteiger partial charge in [-0.3, -0.25) is 9.48 Å². The molecule has 1 amide bonds. The van der Waals surface area contributed by atoms with E-state index in [0.717, 1.165) is 59.2 Å². The van der Waals surface area contributed by atoms with Gasteiger partial charge in [0, 0.05) is 49.0 Å². The van der Waals surface area contributed by atoms with Crippen molar-refractivity contribution in [2.45, 2.75) is 70.8 Å². The molecule has 0 N–H and O–H groups in total. The molecule has 2 aliphatic heterocycles. The molecule has 222 valence electrons. The van der Waals surface area contributed by atoms with E-state index in [9.17, 15) is 4.79 Å². The molecule has 0 spiro atoms. The van der Waals surface area contributed by atoms with Crippen molar-refractivity contribution in [3.8, 4) is 0 Å². The smallest absolute Gasteiger partial charge is 0.272 e. The first-order valence-electron chi connectivity index (χ1n) is 15.3. The van der Waals surface area contributed by atoms with Gasteiger partial charge in [-0.05, 0) is 112 Å². The van der Waals surface area contributed by atoms with Gasteiger partial charge >= 0.3 is 0 Å². The predicted octanol–water partition coefficient (Wildman–Crippen LogP) is 6.17. The lowest BCUT2D eigenvalue weighted by Crippen LogP contribution is -2.36. The Hall–Kier alpha value is -3.39. The van der Waals surface area contributed by atoms with E-state index < -0.39 is 0 Å². The van der Waals surface area contributed by atoms with Crippen LogP contribution in [0.2, 0.25) is 0 Å². The molecule has 1 unspecified atom stereocenters. The molecular formula is C34H41F2N5O. The fourth-order valence-electron chi connectivity index (χ4n) is 6.75. The standard InChI is InChI=1S/C34H41F2N5O/c1-6-32-27-15-23(28(35)18-31(27)38-40(32)5)10-9-22-17-30(24-11-12-26(21-7-8-21)29(36)16-24)37-33(20(22)2)34(42)41-14-13-25(19-41)39(3)4/h11-12,15-16,18,21-22,25H,6-10,13-14,17,19H2,1-5H3/t22?,25-/m0/s1. The molecule has 3 heterocycles. The summed E-state index contributed by atoms with van der Waals surface area (Å²) >= 11 is 0. The van der Waals surface area contributed by atoms with Gasteiger partial charge in [-0.25, -0.2) is 13.8 Å². The quantitative estimate of drug-likeness (QED) is 0.324. The van der Waals surface area contributed by atoms with Gasteiger partial charge in [-0.2, -0.15) is 5.10 Å². The highest BCUT2D eigenvalue weighted by molar-refractivity contribution is 6.06. The highest BCUT2D eigenvalue weighted by Gasteiger charge is 2.34. The van der Waals surface area contributed by atoms with Crippen molar-refractivity contribution in [1.29, 1.82) is 0 Å². The Bertz CT molecular complexity index is 1600. The molecule has 3 aromatic rings. The number of likely N-dealkylation sites (tertiary alicyclic amines) is 1. The number of likely N-dealkylation sites (N-methyl/N-ethyl adjacent to an activating group) is 1. The number of amides is 1. The number of aliphatic imine (C=N–C) groups is 1. The molecule has 0 bridgehead atoms. The molecule has 1 saturated heterocycles. The van der Waals surface area contributed by atoms with Crippen LogP contribution in [0.25, 0.3) is 10.9 Å². The maximum Gasteiger partial charge on any atom is 0.272 e. The molecule has 2 atom stereocenters. The minimum absolute atomic E-state index is 0.00971. The van der Waals surface area contributed by atoms with Gasteiger partial charge in [0.25, 0.3) is 5.91 Å². The van der Waals surface area contributed by atoms with Crippen LogP contribution >= 0.6 is 0 Å². The zero-order valence-corrected chi connectivity index (χ0v) is 25.4. The lowest BCUT2D eigenvalue weighted by molar-refractivity contribution is -0.126. The van der Waals surface area contributed by atoms with E-state index in [4.69, 9.17) is 4.99 Å². The molecular weight excluding hydrogens is 532 g/mol. The second-order valence-corrected chi connectivity index (χ2v) is 12.6. The molecule has 1 saturated carbocycles. The van der Waals surface area contributed by atoms with Gasteiger partial charge in [0.05, 0.1) is 5.52 Å². The van der Waals surface area contributed by atoms with Crippen molar-refractivity contribution in [2.75, 3.05) is 27.2 Å². The van der Waals surface area contributed by atoms with Crippen molar-refractivity contribution < 1.29 is 13.6 Å². The van der Waals surface area contributed by atoms with Crippen LogP contribution in [0.15, 0.2) is 46.6 Å². The van der Waals surface area contributed by atoms with Crippen LogP contribution in [0.1, 0.15) is 74.3 Å². The summed E-state index contributed by atoms with van der Waals surface area (Å²) in [6.07, 6.45) is 5.58. The maximum absolute atomic E-state index is 15.2. The summed E-state index contributed by atoms with van der Waals surface area (Å²) in [5, 5.41) is 5.47. The minimum atomic E-state index is -0.254. The average molecular weight is 574 g/mol. The first-order chi connectivity index (χ1) is 20.1. The number of hydrogen-bond donors (Lipinski definition) is 0. The number of halogens is 2. The van der Waals surface area contributed by atoms with Crippen LogP contribution in [0.3, 0.4) is 0 Å². The molecule has 0 radical (unpaired) electrons. The largest absolute Gasteiger partial charge is 0.336 e. The lowest BCUT2D eigenvalue weighted by atomic mass is 9.83. The van der Waals surface area contributed by atoms with Crippen LogP contribution in [-0.4, -0.2) is 64.4 Å². The molecule has 42 heavy (non-hydrogen) atoms. The molecule has 6 rings (SSSR count). The van der Waals surface area contributed by atoms with E-state index in [1.807, 2.05) is 55.8 Å². The fraction of sp³-hybridized carbons (Fsp3) is 0.500. The Morgan fingerprint density at radius 2 is 1.88 bits per heavy atom. The van der Waals surface area contributed by atoms with Gasteiger partial charge in [0.2, 0.25) is 0 Å². The third-order valence-corrected chi connectivity index (χ3v) is 9.63. The van der Waals surface area contributed by atoms with Crippen LogP contribution in [0, 0.1) is 17.6 Å². The Labute approximate surface area is 247 Å². The molecule has 2 fully saturated rings. The van der Waals surface area contributed by atoms with Crippen molar-refractivity contribution in [3.05, 3.63) is 75.6 Å². The van der Waals surface area contributed by atoms with E-state index in [2.05, 4.69) is 16.9 Å². The average Bonchev–Trinajstić information content (AvgIpc) is 3.58. The summed E-state index contributed by atoms with van der Waals surface area (Å²) in [6, 6.07) is 9.23. The van der Waals surface area contributed by atoms with Gasteiger partial charge in [0.1, 0.15) is 17.3 Å². The number of nitrogens with zero attached hydrogens (tertiary/aromatic N) is 5. The van der Waals surface area contributed by atoms with E-state index in [-0.39, 0.29) is 23.5 Å². The topological polar surface area (TPSA) is 53.7 Å². The summed E-state index contributed by atoms with van der Waals surface area (Å²) in [4.78, 5) is 22.8. The fourth-order valence-corrected chi connectivity index (χ4v) is 6.75. The third-order valence-electron chi connectivity index (χ3n) is 9.63. The van der Waals surface area contributed by atoms with Crippen molar-refractivity contribution in [1.82, 2.24) is 19.6 Å². The lowest BCUT2D eigenvalue weighted by Gasteiger charge is -2.28. The summed E-state index contributed by atoms with van der Waals surface area (Å²) in [5.74, 6) is -0.204. The molecule has 2 aromatic carbocycles. The second-order valence-electron chi connectivity index (χ2n) is 12.6. The van der Waals surface area contributed by atoms with E-state index in [0.29, 0.717) is 61.1 Å². The molecule has 3 aliphatic rings. The Kier molecular flexibility index (Phi) is 7.77. The number of hydrogen-bond acceptors (Lipinski definition) is 4. The maximum atomic E-state index is 15.2. The normalized spacial score (nSPS) is 21.1. The molecule has 1 aromatic heterocycles. The summed E-state index contributed by atoms with van der Waals surface area (Å²) in [5.41, 5.74) is 6.04. The number of aryl methyl sites for hydroxylation is 3. The number of fused-ring (bicyclic) bond motifs is 1. The number of benzene rings is 2. The highest BCUT2D eigenvalue weighted by Crippen LogP contribution is 2.42. The van der Waals surface area contributed by atoms with Crippen molar-refractivity contribution >= 4 is 22.5 Å². The SMILES string of the molecule is CCc1c2cc(CCC3CC(c4ccc(C5CC5)c(F)c4)=NC(C(=O)N4CC[C@H](N(C)C)C4)=C3C)c(F)cc2nn1C. The third kappa shape index (κ3) is 5.41. The summed E-state index contributed by atoms with van der Waals surface area (Å²) in [6.45, 7) is 5.42. The van der Waals surface area contributed by atoms with Crippen LogP contribution < -0.4 is 0 Å².